The molecule has 0 saturated carbocycles. The van der Waals surface area contributed by atoms with E-state index >= 15 is 0 Å². The highest BCUT2D eigenvalue weighted by atomic mass is 16.5. The van der Waals surface area contributed by atoms with Gasteiger partial charge in [0.25, 0.3) is 0 Å². The number of ether oxygens (including phenoxy) is 1. The maximum atomic E-state index is 10.2. The minimum absolute atomic E-state index is 0.0663. The van der Waals surface area contributed by atoms with Crippen molar-refractivity contribution in [3.05, 3.63) is 0 Å². The normalized spacial score (nSPS) is 34.4. The minimum Gasteiger partial charge on any atom is -0.391 e. The van der Waals surface area contributed by atoms with Gasteiger partial charge in [0.1, 0.15) is 0 Å². The fourth-order valence-electron chi connectivity index (χ4n) is 3.91. The first-order valence-corrected chi connectivity index (χ1v) is 8.01. The van der Waals surface area contributed by atoms with E-state index in [0.717, 1.165) is 0 Å². The Hall–Kier alpha value is -0.0800. The molecule has 1 unspecified atom stereocenters. The smallest absolute Gasteiger partial charge is 0.0872 e. The molecule has 1 aliphatic rings. The summed E-state index contributed by atoms with van der Waals surface area (Å²) in [5, 5.41) is 10.2. The molecule has 20 heavy (non-hydrogen) atoms. The van der Waals surface area contributed by atoms with E-state index in [1.807, 2.05) is 6.92 Å². The summed E-state index contributed by atoms with van der Waals surface area (Å²) in [7, 11) is 0. The molecule has 0 radical (unpaired) electrons. The summed E-state index contributed by atoms with van der Waals surface area (Å²) >= 11 is 0. The van der Waals surface area contributed by atoms with Gasteiger partial charge in [0, 0.05) is 0 Å². The maximum Gasteiger partial charge on any atom is 0.0872 e. The summed E-state index contributed by atoms with van der Waals surface area (Å²) in [6.45, 7) is 22.4. The Morgan fingerprint density at radius 1 is 0.750 bits per heavy atom. The molecule has 1 saturated heterocycles. The Bertz CT molecular complexity index is 325. The predicted octanol–water partition coefficient (Wildman–Crippen LogP) is 4.51. The van der Waals surface area contributed by atoms with Crippen molar-refractivity contribution in [3.8, 4) is 0 Å². The van der Waals surface area contributed by atoms with Gasteiger partial charge >= 0.3 is 0 Å². The van der Waals surface area contributed by atoms with Crippen LogP contribution in [-0.2, 0) is 4.74 Å². The zero-order chi connectivity index (χ0) is 16.1. The number of aliphatic hydroxyl groups excluding tert-OH is 1. The average molecular weight is 284 g/mol. The number of rotatable bonds is 1. The molecule has 120 valence electrons. The van der Waals surface area contributed by atoms with Gasteiger partial charge in [-0.3, -0.25) is 0 Å². The number of hydrogen-bond acceptors (Lipinski definition) is 2. The summed E-state index contributed by atoms with van der Waals surface area (Å²) < 4.78 is 6.42. The first kappa shape index (κ1) is 18.0. The molecule has 0 spiro atoms. The molecule has 0 bridgehead atoms. The van der Waals surface area contributed by atoms with Gasteiger partial charge in [0.05, 0.1) is 18.3 Å². The first-order valence-electron chi connectivity index (χ1n) is 8.01. The van der Waals surface area contributed by atoms with Crippen molar-refractivity contribution in [1.29, 1.82) is 0 Å². The summed E-state index contributed by atoms with van der Waals surface area (Å²) in [6.07, 6.45) is -0.300. The van der Waals surface area contributed by atoms with Crippen molar-refractivity contribution in [2.75, 3.05) is 0 Å². The topological polar surface area (TPSA) is 29.5 Å². The first-order chi connectivity index (χ1) is 8.67. The van der Waals surface area contributed by atoms with Crippen LogP contribution in [0, 0.1) is 28.1 Å². The second kappa shape index (κ2) is 5.28. The van der Waals surface area contributed by atoms with Crippen LogP contribution in [0.15, 0.2) is 0 Å². The second-order valence-electron chi connectivity index (χ2n) is 9.91. The van der Waals surface area contributed by atoms with Crippen LogP contribution in [0.5, 0.6) is 0 Å². The van der Waals surface area contributed by atoms with E-state index < -0.39 is 6.10 Å². The van der Waals surface area contributed by atoms with Crippen molar-refractivity contribution in [1.82, 2.24) is 0 Å². The zero-order valence-electron chi connectivity index (χ0n) is 15.2. The summed E-state index contributed by atoms with van der Waals surface area (Å²) in [6, 6.07) is 0. The second-order valence-corrected chi connectivity index (χ2v) is 9.91. The molecule has 2 heteroatoms. The predicted molar refractivity (Wildman–Crippen MR) is 85.7 cm³/mol. The quantitative estimate of drug-likeness (QED) is 0.768. The van der Waals surface area contributed by atoms with Crippen LogP contribution < -0.4 is 0 Å². The van der Waals surface area contributed by atoms with E-state index in [4.69, 9.17) is 4.74 Å². The van der Waals surface area contributed by atoms with E-state index in [-0.39, 0.29) is 28.5 Å². The molecule has 1 N–H and O–H groups in total. The van der Waals surface area contributed by atoms with Crippen LogP contribution in [0.4, 0.5) is 0 Å². The number of hydrogen-bond donors (Lipinski definition) is 1. The van der Waals surface area contributed by atoms with Gasteiger partial charge in [-0.1, -0.05) is 62.3 Å². The Morgan fingerprint density at radius 2 is 1.15 bits per heavy atom. The molecule has 1 aliphatic heterocycles. The highest BCUT2D eigenvalue weighted by Gasteiger charge is 2.57. The Labute approximate surface area is 126 Å². The van der Waals surface area contributed by atoms with Crippen molar-refractivity contribution >= 4 is 0 Å². The van der Waals surface area contributed by atoms with Crippen molar-refractivity contribution < 1.29 is 9.84 Å². The van der Waals surface area contributed by atoms with Crippen molar-refractivity contribution in [2.45, 2.75) is 87.5 Å². The lowest BCUT2D eigenvalue weighted by molar-refractivity contribution is -0.0833. The van der Waals surface area contributed by atoms with E-state index in [9.17, 15) is 5.11 Å². The van der Waals surface area contributed by atoms with Gasteiger partial charge in [-0.05, 0) is 35.0 Å². The third kappa shape index (κ3) is 3.57. The Kier molecular flexibility index (Phi) is 4.74. The molecule has 0 aromatic heterocycles. The highest BCUT2D eigenvalue weighted by molar-refractivity contribution is 5.04. The highest BCUT2D eigenvalue weighted by Crippen LogP contribution is 2.55. The van der Waals surface area contributed by atoms with Crippen LogP contribution >= 0.6 is 0 Å². The molecule has 0 aromatic carbocycles. The van der Waals surface area contributed by atoms with Gasteiger partial charge in [-0.2, -0.15) is 0 Å². The van der Waals surface area contributed by atoms with E-state index in [1.165, 1.54) is 0 Å². The SMILES string of the molecule is C[C@@H](O)[C@H]1O[C@@H](C(C)(C)C)[C@@H](C(C)(C)C)C1C(C)(C)C. The lowest BCUT2D eigenvalue weighted by atomic mass is 9.59. The average Bonchev–Trinajstić information content (AvgIpc) is 2.54. The summed E-state index contributed by atoms with van der Waals surface area (Å²) in [4.78, 5) is 0. The molecule has 0 amide bonds. The molecule has 5 atom stereocenters. The summed E-state index contributed by atoms with van der Waals surface area (Å²) in [5.41, 5.74) is 0.379. The van der Waals surface area contributed by atoms with E-state index in [1.54, 1.807) is 0 Å². The monoisotopic (exact) mass is 284 g/mol. The van der Waals surface area contributed by atoms with Crippen LogP contribution in [-0.4, -0.2) is 23.4 Å². The minimum atomic E-state index is -0.420. The zero-order valence-corrected chi connectivity index (χ0v) is 15.2. The van der Waals surface area contributed by atoms with Gasteiger partial charge in [0.2, 0.25) is 0 Å². The maximum absolute atomic E-state index is 10.2. The third-order valence-electron chi connectivity index (χ3n) is 4.70. The van der Waals surface area contributed by atoms with Crippen LogP contribution in [0.25, 0.3) is 0 Å². The Balaban J connectivity index is 3.33. The van der Waals surface area contributed by atoms with Crippen LogP contribution in [0.3, 0.4) is 0 Å². The third-order valence-corrected chi connectivity index (χ3v) is 4.70. The van der Waals surface area contributed by atoms with Gasteiger partial charge in [-0.15, -0.1) is 0 Å². The molecule has 1 fully saturated rings. The van der Waals surface area contributed by atoms with Crippen LogP contribution in [0.1, 0.15) is 69.2 Å². The summed E-state index contributed by atoms with van der Waals surface area (Å²) in [5.74, 6) is 0.814. The fraction of sp³-hybridized carbons (Fsp3) is 1.00. The molecular weight excluding hydrogens is 248 g/mol. The number of aliphatic hydroxyl groups is 1. The molecular formula is C18H36O2. The molecule has 0 aromatic rings. The van der Waals surface area contributed by atoms with Gasteiger partial charge < -0.3 is 9.84 Å². The van der Waals surface area contributed by atoms with E-state index in [2.05, 4.69) is 62.3 Å². The lowest BCUT2D eigenvalue weighted by Gasteiger charge is -2.44. The molecule has 1 rings (SSSR count). The molecule has 1 heterocycles. The fourth-order valence-corrected chi connectivity index (χ4v) is 3.91. The largest absolute Gasteiger partial charge is 0.391 e. The Morgan fingerprint density at radius 3 is 1.40 bits per heavy atom. The molecule has 2 nitrogen and oxygen atoms in total. The van der Waals surface area contributed by atoms with Gasteiger partial charge in [-0.25, -0.2) is 0 Å². The standard InChI is InChI=1S/C18H36O2/c1-11(19)14-12(16(2,3)4)13(17(5,6)7)15(20-14)18(8,9)10/h11-15,19H,1-10H3/t11-,12?,13+,14-,15-/m1/s1. The van der Waals surface area contributed by atoms with E-state index in [0.29, 0.717) is 11.8 Å². The lowest BCUT2D eigenvalue weighted by Crippen LogP contribution is -2.45. The van der Waals surface area contributed by atoms with Crippen molar-refractivity contribution in [2.24, 2.45) is 28.1 Å². The van der Waals surface area contributed by atoms with Crippen molar-refractivity contribution in [3.63, 3.8) is 0 Å². The molecule has 0 aliphatic carbocycles. The van der Waals surface area contributed by atoms with Crippen LogP contribution in [0.2, 0.25) is 0 Å². The van der Waals surface area contributed by atoms with Gasteiger partial charge in [0.15, 0.2) is 0 Å².